The van der Waals surface area contributed by atoms with Crippen molar-refractivity contribution < 1.29 is 9.90 Å². The molecule has 4 nitrogen and oxygen atoms in total. The van der Waals surface area contributed by atoms with Gasteiger partial charge in [-0.1, -0.05) is 28.1 Å². The highest BCUT2D eigenvalue weighted by atomic mass is 79.9. The van der Waals surface area contributed by atoms with Crippen LogP contribution in [0.5, 0.6) is 5.75 Å². The Labute approximate surface area is 140 Å². The molecule has 0 aliphatic carbocycles. The number of aliphatic imine (C=N–C) groups is 1. The van der Waals surface area contributed by atoms with Crippen molar-refractivity contribution in [2.45, 2.75) is 0 Å². The number of hydrogen-bond acceptors (Lipinski definition) is 4. The van der Waals surface area contributed by atoms with Crippen molar-refractivity contribution in [1.82, 2.24) is 5.32 Å². The van der Waals surface area contributed by atoms with Gasteiger partial charge in [0.05, 0.1) is 10.6 Å². The number of phenolic OH excluding ortho intramolecular Hbond substituents is 1. The van der Waals surface area contributed by atoms with E-state index in [4.69, 9.17) is 0 Å². The molecule has 3 rings (SSSR count). The lowest BCUT2D eigenvalue weighted by atomic mass is 10.2. The van der Waals surface area contributed by atoms with Gasteiger partial charge in [0.15, 0.2) is 5.17 Å². The van der Waals surface area contributed by atoms with Gasteiger partial charge in [0.2, 0.25) is 0 Å². The summed E-state index contributed by atoms with van der Waals surface area (Å²) in [6.45, 7) is 0. The van der Waals surface area contributed by atoms with Crippen LogP contribution in [0, 0.1) is 0 Å². The molecule has 110 valence electrons. The van der Waals surface area contributed by atoms with Crippen LogP contribution in [-0.2, 0) is 4.79 Å². The monoisotopic (exact) mass is 374 g/mol. The summed E-state index contributed by atoms with van der Waals surface area (Å²) in [5, 5.41) is 12.5. The van der Waals surface area contributed by atoms with Gasteiger partial charge >= 0.3 is 0 Å². The second-order valence-electron chi connectivity index (χ2n) is 4.55. The number of halogens is 1. The van der Waals surface area contributed by atoms with Crippen LogP contribution in [0.4, 0.5) is 5.69 Å². The van der Waals surface area contributed by atoms with Crippen LogP contribution in [0.3, 0.4) is 0 Å². The van der Waals surface area contributed by atoms with Crippen LogP contribution in [0.25, 0.3) is 6.08 Å². The average Bonchev–Trinajstić information content (AvgIpc) is 2.84. The molecule has 2 aromatic rings. The first-order valence-electron chi connectivity index (χ1n) is 6.44. The lowest BCUT2D eigenvalue weighted by Gasteiger charge is -1.96. The van der Waals surface area contributed by atoms with Gasteiger partial charge in [-0.05, 0) is 59.8 Å². The summed E-state index contributed by atoms with van der Waals surface area (Å²) in [5.74, 6) is 0.0216. The molecule has 1 aliphatic heterocycles. The van der Waals surface area contributed by atoms with Crippen molar-refractivity contribution in [2.75, 3.05) is 0 Å². The molecule has 0 spiro atoms. The van der Waals surface area contributed by atoms with Crippen molar-refractivity contribution in [3.05, 3.63) is 63.5 Å². The molecular formula is C16H11BrN2O2S. The number of benzene rings is 2. The Morgan fingerprint density at radius 1 is 1.09 bits per heavy atom. The second-order valence-corrected chi connectivity index (χ2v) is 6.50. The van der Waals surface area contributed by atoms with E-state index in [1.54, 1.807) is 24.3 Å². The molecule has 0 saturated carbocycles. The first-order chi connectivity index (χ1) is 10.6. The van der Waals surface area contributed by atoms with Crippen LogP contribution in [0.1, 0.15) is 5.56 Å². The topological polar surface area (TPSA) is 61.7 Å². The third-order valence-corrected chi connectivity index (χ3v) is 4.34. The lowest BCUT2D eigenvalue weighted by Crippen LogP contribution is -2.19. The third kappa shape index (κ3) is 3.58. The van der Waals surface area contributed by atoms with Crippen LogP contribution in [-0.4, -0.2) is 16.2 Å². The zero-order valence-electron chi connectivity index (χ0n) is 11.3. The molecule has 1 fully saturated rings. The van der Waals surface area contributed by atoms with Gasteiger partial charge in [-0.25, -0.2) is 4.99 Å². The van der Waals surface area contributed by atoms with Gasteiger partial charge < -0.3 is 10.4 Å². The van der Waals surface area contributed by atoms with Crippen LogP contribution >= 0.6 is 27.7 Å². The molecular weight excluding hydrogens is 364 g/mol. The number of phenols is 1. The Bertz CT molecular complexity index is 768. The van der Waals surface area contributed by atoms with Crippen molar-refractivity contribution in [3.8, 4) is 5.75 Å². The van der Waals surface area contributed by atoms with Gasteiger partial charge in [-0.2, -0.15) is 0 Å². The average molecular weight is 375 g/mol. The highest BCUT2D eigenvalue weighted by Crippen LogP contribution is 2.28. The normalized spacial score (nSPS) is 18.0. The summed E-state index contributed by atoms with van der Waals surface area (Å²) in [6, 6.07) is 14.2. The number of amidine groups is 1. The van der Waals surface area contributed by atoms with Crippen LogP contribution in [0.2, 0.25) is 0 Å². The standard InChI is InChI=1S/C16H11BrN2O2S/c17-11-3-1-10(2-4-11)9-14-15(21)19-16(22-14)18-12-5-7-13(20)8-6-12/h1-9,20H,(H,18,19,21)/b14-9-. The van der Waals surface area contributed by atoms with Crippen LogP contribution < -0.4 is 5.32 Å². The van der Waals surface area contributed by atoms with Gasteiger partial charge in [0.1, 0.15) is 5.75 Å². The summed E-state index contributed by atoms with van der Waals surface area (Å²) in [4.78, 5) is 16.9. The molecule has 0 aromatic heterocycles. The van der Waals surface area contributed by atoms with Crippen LogP contribution in [0.15, 0.2) is 62.9 Å². The maximum atomic E-state index is 12.0. The number of carbonyl (C=O) groups excluding carboxylic acids is 1. The molecule has 1 aliphatic rings. The molecule has 6 heteroatoms. The Kier molecular flexibility index (Phi) is 4.31. The molecule has 22 heavy (non-hydrogen) atoms. The van der Waals surface area contributed by atoms with E-state index < -0.39 is 0 Å². The molecule has 1 heterocycles. The van der Waals surface area contributed by atoms with E-state index >= 15 is 0 Å². The fourth-order valence-corrected chi connectivity index (χ4v) is 2.94. The first-order valence-corrected chi connectivity index (χ1v) is 8.05. The zero-order chi connectivity index (χ0) is 15.5. The number of amides is 1. The summed E-state index contributed by atoms with van der Waals surface area (Å²) in [7, 11) is 0. The zero-order valence-corrected chi connectivity index (χ0v) is 13.7. The van der Waals surface area contributed by atoms with Gasteiger partial charge in [-0.15, -0.1) is 0 Å². The molecule has 2 aromatic carbocycles. The molecule has 0 bridgehead atoms. The van der Waals surface area contributed by atoms with Crippen molar-refractivity contribution in [3.63, 3.8) is 0 Å². The SMILES string of the molecule is O=C1NC(=Nc2ccc(O)cc2)S/C1=C\c1ccc(Br)cc1. The number of carbonyl (C=O) groups is 1. The van der Waals surface area contributed by atoms with Gasteiger partial charge in [0, 0.05) is 4.47 Å². The Balaban J connectivity index is 1.80. The molecule has 0 unspecified atom stereocenters. The fraction of sp³-hybridized carbons (Fsp3) is 0. The Morgan fingerprint density at radius 3 is 2.45 bits per heavy atom. The molecule has 2 N–H and O–H groups in total. The highest BCUT2D eigenvalue weighted by Gasteiger charge is 2.23. The Morgan fingerprint density at radius 2 is 1.77 bits per heavy atom. The van der Waals surface area contributed by atoms with E-state index in [-0.39, 0.29) is 11.7 Å². The van der Waals surface area contributed by atoms with Crippen molar-refractivity contribution >= 4 is 50.5 Å². The lowest BCUT2D eigenvalue weighted by molar-refractivity contribution is -0.115. The minimum atomic E-state index is -0.162. The van der Waals surface area contributed by atoms with E-state index in [0.29, 0.717) is 15.8 Å². The maximum absolute atomic E-state index is 12.0. The predicted octanol–water partition coefficient (Wildman–Crippen LogP) is 4.05. The van der Waals surface area contributed by atoms with E-state index in [9.17, 15) is 9.90 Å². The summed E-state index contributed by atoms with van der Waals surface area (Å²) in [5.41, 5.74) is 1.62. The van der Waals surface area contributed by atoms with E-state index in [2.05, 4.69) is 26.2 Å². The molecule has 1 saturated heterocycles. The van der Waals surface area contributed by atoms with E-state index in [0.717, 1.165) is 10.0 Å². The van der Waals surface area contributed by atoms with E-state index in [1.807, 2.05) is 30.3 Å². The minimum Gasteiger partial charge on any atom is -0.508 e. The number of rotatable bonds is 2. The van der Waals surface area contributed by atoms with Crippen molar-refractivity contribution in [1.29, 1.82) is 0 Å². The third-order valence-electron chi connectivity index (χ3n) is 2.90. The Hall–Kier alpha value is -2.05. The largest absolute Gasteiger partial charge is 0.508 e. The molecule has 0 radical (unpaired) electrons. The summed E-state index contributed by atoms with van der Waals surface area (Å²) < 4.78 is 0.993. The quantitative estimate of drug-likeness (QED) is 0.779. The fourth-order valence-electron chi connectivity index (χ4n) is 1.84. The summed E-state index contributed by atoms with van der Waals surface area (Å²) in [6.07, 6.45) is 1.83. The number of hydrogen-bond donors (Lipinski definition) is 2. The predicted molar refractivity (Wildman–Crippen MR) is 93.1 cm³/mol. The van der Waals surface area contributed by atoms with E-state index in [1.165, 1.54) is 11.8 Å². The summed E-state index contributed by atoms with van der Waals surface area (Å²) >= 11 is 4.67. The minimum absolute atomic E-state index is 0.162. The molecule has 0 atom stereocenters. The van der Waals surface area contributed by atoms with Gasteiger partial charge in [-0.3, -0.25) is 4.79 Å². The maximum Gasteiger partial charge on any atom is 0.264 e. The second kappa shape index (κ2) is 6.37. The van der Waals surface area contributed by atoms with Gasteiger partial charge in [0.25, 0.3) is 5.91 Å². The molecule has 1 amide bonds. The first kappa shape index (κ1) is 14.9. The number of nitrogens with one attached hydrogen (secondary N) is 1. The number of aromatic hydroxyl groups is 1. The number of nitrogens with zero attached hydrogens (tertiary/aromatic N) is 1. The number of thioether (sulfide) groups is 1. The highest BCUT2D eigenvalue weighted by molar-refractivity contribution is 9.10. The smallest absolute Gasteiger partial charge is 0.264 e. The van der Waals surface area contributed by atoms with Crippen molar-refractivity contribution in [2.24, 2.45) is 4.99 Å².